The molecule has 1 aliphatic heterocycles. The third kappa shape index (κ3) is 8.13. The Labute approximate surface area is 234 Å². The van der Waals surface area contributed by atoms with Crippen LogP contribution in [0.2, 0.25) is 36.3 Å². The minimum absolute atomic E-state index is 0.0559. The highest BCUT2D eigenvalue weighted by molar-refractivity contribution is 7.48. The zero-order chi connectivity index (χ0) is 30.0. The van der Waals surface area contributed by atoms with E-state index >= 15 is 0 Å². The van der Waals surface area contributed by atoms with Crippen molar-refractivity contribution in [2.45, 2.75) is 109 Å². The number of hydrogen-bond donors (Lipinski definition) is 1. The van der Waals surface area contributed by atoms with Gasteiger partial charge in [-0.25, -0.2) is 9.36 Å². The van der Waals surface area contributed by atoms with Gasteiger partial charge in [0, 0.05) is 12.3 Å². The fraction of sp³-hybridized carbons (Fsp3) is 0.760. The van der Waals surface area contributed by atoms with E-state index in [-0.39, 0.29) is 23.3 Å². The van der Waals surface area contributed by atoms with E-state index in [0.29, 0.717) is 0 Å². The second-order valence-corrected chi connectivity index (χ2v) is 23.8. The fourth-order valence-corrected chi connectivity index (χ4v) is 6.98. The number of aromatic amines is 1. The molecule has 0 amide bonds. The first-order valence-corrected chi connectivity index (χ1v) is 20.5. The molecule has 5 atom stereocenters. The lowest BCUT2D eigenvalue weighted by atomic mass is 10.1. The molecule has 2 heterocycles. The SMILES string of the molecule is C=COP(=O)(OCC)O[C@H]1[C@@H](O[Si](C)(C)C(C)(C)C)[C@H](n2ccc(=O)[nH]c2=O)O[C@@H]1CO[Si](C)(C)C(C)(C)C. The Bertz CT molecular complexity index is 1150. The number of H-pyrrole nitrogens is 1. The zero-order valence-corrected chi connectivity index (χ0v) is 28.1. The van der Waals surface area contributed by atoms with Gasteiger partial charge in [-0.2, -0.15) is 0 Å². The van der Waals surface area contributed by atoms with Gasteiger partial charge < -0.3 is 18.1 Å². The summed E-state index contributed by atoms with van der Waals surface area (Å²) in [5.41, 5.74) is -1.21. The highest BCUT2D eigenvalue weighted by Crippen LogP contribution is 2.54. The number of rotatable bonds is 12. The van der Waals surface area contributed by atoms with Gasteiger partial charge >= 0.3 is 13.5 Å². The maximum atomic E-state index is 13.6. The summed E-state index contributed by atoms with van der Waals surface area (Å²) in [5, 5.41) is -0.296. The predicted molar refractivity (Wildman–Crippen MR) is 156 cm³/mol. The van der Waals surface area contributed by atoms with Crippen molar-refractivity contribution in [3.8, 4) is 0 Å². The van der Waals surface area contributed by atoms with Crippen LogP contribution in [0.25, 0.3) is 0 Å². The second-order valence-electron chi connectivity index (χ2n) is 12.7. The first-order valence-electron chi connectivity index (χ1n) is 13.2. The van der Waals surface area contributed by atoms with Gasteiger partial charge in [-0.1, -0.05) is 48.1 Å². The van der Waals surface area contributed by atoms with Gasteiger partial charge in [-0.3, -0.25) is 23.4 Å². The van der Waals surface area contributed by atoms with Crippen molar-refractivity contribution < 1.29 is 31.7 Å². The lowest BCUT2D eigenvalue weighted by Crippen LogP contribution is -2.50. The van der Waals surface area contributed by atoms with E-state index in [1.165, 1.54) is 16.8 Å². The molecule has 1 N–H and O–H groups in total. The van der Waals surface area contributed by atoms with E-state index in [1.54, 1.807) is 6.92 Å². The van der Waals surface area contributed by atoms with Gasteiger partial charge in [-0.05, 0) is 43.2 Å². The smallest absolute Gasteiger partial charge is 0.414 e. The Morgan fingerprint density at radius 2 is 1.67 bits per heavy atom. The van der Waals surface area contributed by atoms with E-state index in [4.69, 9.17) is 27.2 Å². The highest BCUT2D eigenvalue weighted by atomic mass is 31.2. The molecule has 1 fully saturated rings. The summed E-state index contributed by atoms with van der Waals surface area (Å²) in [6.45, 7) is 26.2. The van der Waals surface area contributed by atoms with Crippen molar-refractivity contribution in [2.75, 3.05) is 13.2 Å². The molecule has 2 rings (SSSR count). The standard InChI is InChI=1S/C25H47N2O9PSi2/c1-13-31-37(30,32-14-2)35-20-18(17-33-38(9,10)24(3,4)5)34-22(27-16-15-19(28)26-23(27)29)21(20)36-39(11,12)25(6,7)8/h13,15-16,18,20-22H,1,14,17H2,2-12H3,(H,26,28,29)/t18-,20-,21-,22-,37?/m1/s1. The molecule has 1 unspecified atom stereocenters. The molecule has 1 aromatic rings. The summed E-state index contributed by atoms with van der Waals surface area (Å²) >= 11 is 0. The number of nitrogens with zero attached hydrogens (tertiary/aromatic N) is 1. The van der Waals surface area contributed by atoms with E-state index in [2.05, 4.69) is 79.3 Å². The Balaban J connectivity index is 2.66. The molecule has 0 saturated carbocycles. The molecule has 1 aromatic heterocycles. The van der Waals surface area contributed by atoms with Crippen LogP contribution < -0.4 is 11.2 Å². The Morgan fingerprint density at radius 3 is 2.15 bits per heavy atom. The molecule has 0 aliphatic carbocycles. The Hall–Kier alpha value is -1.32. The summed E-state index contributed by atoms with van der Waals surface area (Å²) in [6.07, 6.45) is -1.39. The van der Waals surface area contributed by atoms with Crippen LogP contribution in [0.15, 0.2) is 34.7 Å². The summed E-state index contributed by atoms with van der Waals surface area (Å²) in [6, 6.07) is 1.23. The van der Waals surface area contributed by atoms with Crippen molar-refractivity contribution in [1.82, 2.24) is 9.55 Å². The maximum Gasteiger partial charge on any atom is 0.529 e. The number of hydrogen-bond acceptors (Lipinski definition) is 9. The summed E-state index contributed by atoms with van der Waals surface area (Å²) in [7, 11) is -8.89. The molecule has 1 aliphatic rings. The molecule has 39 heavy (non-hydrogen) atoms. The van der Waals surface area contributed by atoms with Gasteiger partial charge in [0.25, 0.3) is 5.56 Å². The quantitative estimate of drug-likeness (QED) is 0.185. The van der Waals surface area contributed by atoms with Gasteiger partial charge in [0.05, 0.1) is 19.5 Å². The molecule has 224 valence electrons. The number of nitrogens with one attached hydrogen (secondary N) is 1. The van der Waals surface area contributed by atoms with E-state index in [9.17, 15) is 14.2 Å². The van der Waals surface area contributed by atoms with Crippen LogP contribution in [0.4, 0.5) is 0 Å². The highest BCUT2D eigenvalue weighted by Gasteiger charge is 2.55. The van der Waals surface area contributed by atoms with Crippen molar-refractivity contribution in [3.05, 3.63) is 45.9 Å². The topological polar surface area (TPSA) is 127 Å². The summed E-state index contributed by atoms with van der Waals surface area (Å²) < 4.78 is 51.2. The normalized spacial score (nSPS) is 24.4. The van der Waals surface area contributed by atoms with Crippen molar-refractivity contribution >= 4 is 24.5 Å². The van der Waals surface area contributed by atoms with Gasteiger partial charge in [-0.15, -0.1) is 0 Å². The number of phosphoric ester groups is 1. The minimum Gasteiger partial charge on any atom is -0.414 e. The lowest BCUT2D eigenvalue weighted by molar-refractivity contribution is -0.0515. The average molecular weight is 607 g/mol. The van der Waals surface area contributed by atoms with Gasteiger partial charge in [0.2, 0.25) is 0 Å². The number of phosphoric acid groups is 1. The van der Waals surface area contributed by atoms with Crippen molar-refractivity contribution in [2.24, 2.45) is 0 Å². The molecule has 0 radical (unpaired) electrons. The molecule has 0 bridgehead atoms. The first kappa shape index (κ1) is 33.9. The predicted octanol–water partition coefficient (Wildman–Crippen LogP) is 5.54. The van der Waals surface area contributed by atoms with Crippen LogP contribution in [0.3, 0.4) is 0 Å². The molecular formula is C25H47N2O9PSi2. The van der Waals surface area contributed by atoms with Crippen LogP contribution >= 0.6 is 7.82 Å². The van der Waals surface area contributed by atoms with Gasteiger partial charge in [0.1, 0.15) is 18.3 Å². The molecule has 11 nitrogen and oxygen atoms in total. The van der Waals surface area contributed by atoms with E-state index < -0.39 is 60.2 Å². The van der Waals surface area contributed by atoms with Gasteiger partial charge in [0.15, 0.2) is 22.9 Å². The maximum absolute atomic E-state index is 13.6. The number of ether oxygens (including phenoxy) is 1. The molecule has 1 saturated heterocycles. The van der Waals surface area contributed by atoms with E-state index in [0.717, 1.165) is 6.26 Å². The van der Waals surface area contributed by atoms with Crippen LogP contribution in [0.5, 0.6) is 0 Å². The largest absolute Gasteiger partial charge is 0.529 e. The Kier molecular flexibility index (Phi) is 10.7. The molecule has 0 spiro atoms. The minimum atomic E-state index is -4.14. The Morgan fingerprint density at radius 1 is 1.08 bits per heavy atom. The van der Waals surface area contributed by atoms with Crippen LogP contribution in [0, 0.1) is 0 Å². The van der Waals surface area contributed by atoms with Crippen molar-refractivity contribution in [1.29, 1.82) is 0 Å². The fourth-order valence-electron chi connectivity index (χ4n) is 3.45. The first-order chi connectivity index (χ1) is 17.7. The molecule has 14 heteroatoms. The second kappa shape index (κ2) is 12.3. The summed E-state index contributed by atoms with van der Waals surface area (Å²) in [5.74, 6) is 0. The summed E-state index contributed by atoms with van der Waals surface area (Å²) in [4.78, 5) is 27.0. The van der Waals surface area contributed by atoms with E-state index in [1.807, 2.05) is 0 Å². The average Bonchev–Trinajstić information content (AvgIpc) is 3.07. The number of aromatic nitrogens is 2. The van der Waals surface area contributed by atoms with Crippen LogP contribution in [-0.4, -0.2) is 57.7 Å². The lowest BCUT2D eigenvalue weighted by Gasteiger charge is -2.41. The van der Waals surface area contributed by atoms with Crippen LogP contribution in [0.1, 0.15) is 54.7 Å². The van der Waals surface area contributed by atoms with Crippen LogP contribution in [-0.2, 0) is 31.7 Å². The monoisotopic (exact) mass is 606 g/mol. The molecular weight excluding hydrogens is 559 g/mol. The molecule has 0 aromatic carbocycles. The third-order valence-corrected chi connectivity index (χ3v) is 18.3. The third-order valence-electron chi connectivity index (χ3n) is 7.80. The van der Waals surface area contributed by atoms with Crippen molar-refractivity contribution in [3.63, 3.8) is 0 Å². The zero-order valence-electron chi connectivity index (χ0n) is 25.2.